The molecule has 3 nitrogen and oxygen atoms in total. The molecule has 0 aliphatic heterocycles. The Hall–Kier alpha value is -2.29. The average molecular weight is 270 g/mol. The minimum Gasteiger partial charge on any atom is -0.496 e. The van der Waals surface area contributed by atoms with Crippen LogP contribution >= 0.6 is 0 Å². The monoisotopic (exact) mass is 270 g/mol. The van der Waals surface area contributed by atoms with Gasteiger partial charge >= 0.3 is 5.97 Å². The maximum atomic E-state index is 11.4. The number of carboxylic acid groups (broad SMARTS) is 1. The molecule has 0 saturated carbocycles. The van der Waals surface area contributed by atoms with Gasteiger partial charge in [0.1, 0.15) is 11.3 Å². The lowest BCUT2D eigenvalue weighted by molar-refractivity contribution is 0.0692. The van der Waals surface area contributed by atoms with Crippen molar-refractivity contribution < 1.29 is 14.6 Å². The molecule has 1 N–H and O–H groups in total. The second-order valence-electron chi connectivity index (χ2n) is 4.64. The van der Waals surface area contributed by atoms with Gasteiger partial charge in [-0.05, 0) is 36.5 Å². The van der Waals surface area contributed by atoms with Gasteiger partial charge in [0.2, 0.25) is 0 Å². The van der Waals surface area contributed by atoms with Crippen molar-refractivity contribution in [2.24, 2.45) is 0 Å². The maximum absolute atomic E-state index is 11.4. The molecule has 0 atom stereocenters. The fraction of sp³-hybridized carbons (Fsp3) is 0.235. The molecule has 0 saturated heterocycles. The van der Waals surface area contributed by atoms with Crippen molar-refractivity contribution in [2.75, 3.05) is 7.11 Å². The highest BCUT2D eigenvalue weighted by Crippen LogP contribution is 2.23. The van der Waals surface area contributed by atoms with E-state index in [0.717, 1.165) is 24.8 Å². The Morgan fingerprint density at radius 2 is 1.80 bits per heavy atom. The molecule has 0 spiro atoms. The zero-order chi connectivity index (χ0) is 14.4. The summed E-state index contributed by atoms with van der Waals surface area (Å²) in [4.78, 5) is 11.4. The van der Waals surface area contributed by atoms with Crippen LogP contribution in [-0.4, -0.2) is 18.2 Å². The van der Waals surface area contributed by atoms with Gasteiger partial charge in [-0.15, -0.1) is 0 Å². The maximum Gasteiger partial charge on any atom is 0.339 e. The molecule has 0 aliphatic rings. The Balaban J connectivity index is 2.08. The molecule has 0 bridgehead atoms. The molecule has 2 aromatic rings. The molecule has 2 aromatic carbocycles. The first-order chi connectivity index (χ1) is 9.72. The molecule has 0 unspecified atom stereocenters. The fourth-order valence-corrected chi connectivity index (χ4v) is 2.33. The quantitative estimate of drug-likeness (QED) is 0.872. The van der Waals surface area contributed by atoms with Crippen LogP contribution in [0.3, 0.4) is 0 Å². The van der Waals surface area contributed by atoms with E-state index in [1.54, 1.807) is 6.07 Å². The Bertz CT molecular complexity index is 576. The fourth-order valence-electron chi connectivity index (χ4n) is 2.33. The smallest absolute Gasteiger partial charge is 0.339 e. The van der Waals surface area contributed by atoms with E-state index in [1.165, 1.54) is 12.7 Å². The van der Waals surface area contributed by atoms with E-state index in [1.807, 2.05) is 30.3 Å². The summed E-state index contributed by atoms with van der Waals surface area (Å²) < 4.78 is 5.13. The third-order valence-corrected chi connectivity index (χ3v) is 3.30. The summed E-state index contributed by atoms with van der Waals surface area (Å²) in [7, 11) is 1.50. The van der Waals surface area contributed by atoms with Crippen LogP contribution in [0.25, 0.3) is 0 Å². The van der Waals surface area contributed by atoms with Gasteiger partial charge in [0.25, 0.3) is 0 Å². The number of aryl methyl sites for hydroxylation is 2. The van der Waals surface area contributed by atoms with Gasteiger partial charge in [-0.2, -0.15) is 0 Å². The molecule has 104 valence electrons. The number of methoxy groups -OCH3 is 1. The second-order valence-corrected chi connectivity index (χ2v) is 4.64. The summed E-state index contributed by atoms with van der Waals surface area (Å²) in [5, 5.41) is 9.31. The van der Waals surface area contributed by atoms with Crippen LogP contribution in [0.15, 0.2) is 48.5 Å². The molecule has 2 rings (SSSR count). The molecule has 3 heteroatoms. The number of ether oxygens (including phenoxy) is 1. The number of benzene rings is 2. The lowest BCUT2D eigenvalue weighted by atomic mass is 9.99. The predicted octanol–water partition coefficient (Wildman–Crippen LogP) is 3.57. The van der Waals surface area contributed by atoms with Gasteiger partial charge in [-0.3, -0.25) is 0 Å². The van der Waals surface area contributed by atoms with E-state index in [0.29, 0.717) is 5.75 Å². The third-order valence-electron chi connectivity index (χ3n) is 3.30. The molecule has 0 radical (unpaired) electrons. The topological polar surface area (TPSA) is 46.5 Å². The highest BCUT2D eigenvalue weighted by atomic mass is 16.5. The Labute approximate surface area is 118 Å². The zero-order valence-electron chi connectivity index (χ0n) is 11.5. The Morgan fingerprint density at radius 1 is 1.05 bits per heavy atom. The summed E-state index contributed by atoms with van der Waals surface area (Å²) in [6.07, 6.45) is 2.59. The van der Waals surface area contributed by atoms with Crippen LogP contribution < -0.4 is 4.74 Å². The van der Waals surface area contributed by atoms with E-state index in [9.17, 15) is 9.90 Å². The lowest BCUT2D eigenvalue weighted by Crippen LogP contribution is -2.06. The standard InChI is InChI=1S/C17H18O3/c1-20-15-12-6-11-14(16(15)17(18)19)10-5-9-13-7-3-2-4-8-13/h2-4,6-8,11-12H,5,9-10H2,1H3,(H,18,19). The van der Waals surface area contributed by atoms with Gasteiger partial charge in [0.05, 0.1) is 7.11 Å². The summed E-state index contributed by atoms with van der Waals surface area (Å²) in [5.41, 5.74) is 2.38. The molecule has 0 amide bonds. The number of aromatic carboxylic acids is 1. The van der Waals surface area contributed by atoms with E-state index >= 15 is 0 Å². The molecule has 0 aromatic heterocycles. The second kappa shape index (κ2) is 6.75. The molecular formula is C17H18O3. The number of hydrogen-bond donors (Lipinski definition) is 1. The van der Waals surface area contributed by atoms with Crippen molar-refractivity contribution in [3.8, 4) is 5.75 Å². The van der Waals surface area contributed by atoms with E-state index in [-0.39, 0.29) is 5.56 Å². The van der Waals surface area contributed by atoms with Gasteiger partial charge in [0.15, 0.2) is 0 Å². The van der Waals surface area contributed by atoms with Crippen LogP contribution in [-0.2, 0) is 12.8 Å². The molecule has 20 heavy (non-hydrogen) atoms. The average Bonchev–Trinajstić information content (AvgIpc) is 2.47. The van der Waals surface area contributed by atoms with Crippen LogP contribution in [0.1, 0.15) is 27.9 Å². The number of hydrogen-bond acceptors (Lipinski definition) is 2. The first kappa shape index (κ1) is 14.1. The first-order valence-corrected chi connectivity index (χ1v) is 6.65. The molecular weight excluding hydrogens is 252 g/mol. The third kappa shape index (κ3) is 3.38. The van der Waals surface area contributed by atoms with Crippen LogP contribution in [0.2, 0.25) is 0 Å². The van der Waals surface area contributed by atoms with Gasteiger partial charge < -0.3 is 9.84 Å². The van der Waals surface area contributed by atoms with Gasteiger partial charge in [0, 0.05) is 0 Å². The first-order valence-electron chi connectivity index (χ1n) is 6.65. The highest BCUT2D eigenvalue weighted by Gasteiger charge is 2.15. The van der Waals surface area contributed by atoms with Crippen molar-refractivity contribution in [1.82, 2.24) is 0 Å². The summed E-state index contributed by atoms with van der Waals surface area (Å²) in [5.74, 6) is -0.508. The van der Waals surface area contributed by atoms with Crippen LogP contribution in [0.5, 0.6) is 5.75 Å². The Morgan fingerprint density at radius 3 is 2.45 bits per heavy atom. The number of rotatable bonds is 6. The summed E-state index contributed by atoms with van der Waals surface area (Å²) >= 11 is 0. The van der Waals surface area contributed by atoms with E-state index in [4.69, 9.17) is 4.74 Å². The van der Waals surface area contributed by atoms with Crippen molar-refractivity contribution >= 4 is 5.97 Å². The molecule has 0 aliphatic carbocycles. The van der Waals surface area contributed by atoms with E-state index < -0.39 is 5.97 Å². The van der Waals surface area contributed by atoms with Crippen molar-refractivity contribution in [1.29, 1.82) is 0 Å². The largest absolute Gasteiger partial charge is 0.496 e. The SMILES string of the molecule is COc1cccc(CCCc2ccccc2)c1C(=O)O. The summed E-state index contributed by atoms with van der Waals surface area (Å²) in [6.45, 7) is 0. The Kier molecular flexibility index (Phi) is 4.77. The van der Waals surface area contributed by atoms with Crippen molar-refractivity contribution in [3.05, 3.63) is 65.2 Å². The number of carbonyl (C=O) groups is 1. The van der Waals surface area contributed by atoms with Crippen LogP contribution in [0, 0.1) is 0 Å². The van der Waals surface area contributed by atoms with Gasteiger partial charge in [-0.25, -0.2) is 4.79 Å². The predicted molar refractivity (Wildman–Crippen MR) is 78.4 cm³/mol. The normalized spacial score (nSPS) is 10.2. The minimum absolute atomic E-state index is 0.281. The number of carboxylic acids is 1. The minimum atomic E-state index is -0.933. The summed E-state index contributed by atoms with van der Waals surface area (Å²) in [6, 6.07) is 15.6. The van der Waals surface area contributed by atoms with Crippen molar-refractivity contribution in [3.63, 3.8) is 0 Å². The van der Waals surface area contributed by atoms with E-state index in [2.05, 4.69) is 12.1 Å². The molecule has 0 fully saturated rings. The van der Waals surface area contributed by atoms with Crippen LogP contribution in [0.4, 0.5) is 0 Å². The lowest BCUT2D eigenvalue weighted by Gasteiger charge is -2.10. The van der Waals surface area contributed by atoms with Gasteiger partial charge in [-0.1, -0.05) is 42.5 Å². The van der Waals surface area contributed by atoms with Crippen molar-refractivity contribution in [2.45, 2.75) is 19.3 Å². The molecule has 0 heterocycles. The zero-order valence-corrected chi connectivity index (χ0v) is 11.5. The highest BCUT2D eigenvalue weighted by molar-refractivity contribution is 5.92.